The highest BCUT2D eigenvalue weighted by Gasteiger charge is 2.32. The standard InChI is InChI=1S/C17H16F3N/c1-11-3-2-4-12(9-11)14-7-8-21-16-10-13(17(18,19)20)5-6-15(14)16/h2-6,9-10,14,21H,7-8H2,1H3. The zero-order chi connectivity index (χ0) is 15.0. The van der Waals surface area contributed by atoms with E-state index in [2.05, 4.69) is 11.4 Å². The molecule has 1 nitrogen and oxygen atoms in total. The van der Waals surface area contributed by atoms with E-state index in [1.54, 1.807) is 6.07 Å². The Morgan fingerprint density at radius 2 is 1.90 bits per heavy atom. The predicted molar refractivity (Wildman–Crippen MR) is 77.6 cm³/mol. The number of benzene rings is 2. The number of hydrogen-bond acceptors (Lipinski definition) is 1. The van der Waals surface area contributed by atoms with Crippen LogP contribution in [0.2, 0.25) is 0 Å². The van der Waals surface area contributed by atoms with Crippen molar-refractivity contribution in [1.29, 1.82) is 0 Å². The van der Waals surface area contributed by atoms with Crippen molar-refractivity contribution in [3.63, 3.8) is 0 Å². The van der Waals surface area contributed by atoms with Crippen molar-refractivity contribution in [2.45, 2.75) is 25.4 Å². The minimum atomic E-state index is -4.30. The SMILES string of the molecule is Cc1cccc(C2CCNc3cc(C(F)(F)F)ccc32)c1. The number of anilines is 1. The molecule has 0 aliphatic carbocycles. The van der Waals surface area contributed by atoms with E-state index in [4.69, 9.17) is 0 Å². The Labute approximate surface area is 121 Å². The van der Waals surface area contributed by atoms with Gasteiger partial charge < -0.3 is 5.32 Å². The molecule has 0 radical (unpaired) electrons. The van der Waals surface area contributed by atoms with E-state index in [0.717, 1.165) is 17.5 Å². The maximum Gasteiger partial charge on any atom is 0.416 e. The molecular weight excluding hydrogens is 275 g/mol. The molecule has 0 amide bonds. The third kappa shape index (κ3) is 2.75. The zero-order valence-electron chi connectivity index (χ0n) is 11.7. The van der Waals surface area contributed by atoms with E-state index in [1.165, 1.54) is 17.7 Å². The monoisotopic (exact) mass is 291 g/mol. The predicted octanol–water partition coefficient (Wildman–Crippen LogP) is 4.96. The van der Waals surface area contributed by atoms with Crippen molar-refractivity contribution >= 4 is 5.69 Å². The van der Waals surface area contributed by atoms with Crippen molar-refractivity contribution in [2.24, 2.45) is 0 Å². The van der Waals surface area contributed by atoms with Gasteiger partial charge >= 0.3 is 6.18 Å². The molecule has 2 aromatic rings. The summed E-state index contributed by atoms with van der Waals surface area (Å²) in [6.07, 6.45) is -3.41. The summed E-state index contributed by atoms with van der Waals surface area (Å²) < 4.78 is 38.4. The largest absolute Gasteiger partial charge is 0.416 e. The molecule has 2 aromatic carbocycles. The van der Waals surface area contributed by atoms with Gasteiger partial charge in [0.15, 0.2) is 0 Å². The Hall–Kier alpha value is -1.97. The average Bonchev–Trinajstić information content (AvgIpc) is 2.45. The molecule has 1 heterocycles. The lowest BCUT2D eigenvalue weighted by atomic mass is 9.84. The van der Waals surface area contributed by atoms with Crippen LogP contribution in [0.25, 0.3) is 0 Å². The quantitative estimate of drug-likeness (QED) is 0.783. The van der Waals surface area contributed by atoms with Crippen LogP contribution in [0.5, 0.6) is 0 Å². The maximum absolute atomic E-state index is 12.8. The summed E-state index contributed by atoms with van der Waals surface area (Å²) in [6, 6.07) is 12.2. The number of rotatable bonds is 1. The van der Waals surface area contributed by atoms with Gasteiger partial charge in [-0.05, 0) is 36.6 Å². The lowest BCUT2D eigenvalue weighted by Gasteiger charge is -2.28. The molecule has 110 valence electrons. The second kappa shape index (κ2) is 5.10. The smallest absolute Gasteiger partial charge is 0.385 e. The summed E-state index contributed by atoms with van der Waals surface area (Å²) in [5.41, 5.74) is 3.28. The van der Waals surface area contributed by atoms with Crippen LogP contribution in [0.1, 0.15) is 34.6 Å². The fourth-order valence-corrected chi connectivity index (χ4v) is 2.93. The Morgan fingerprint density at radius 1 is 1.10 bits per heavy atom. The third-order valence-corrected chi connectivity index (χ3v) is 3.95. The van der Waals surface area contributed by atoms with Crippen LogP contribution < -0.4 is 5.32 Å². The summed E-state index contributed by atoms with van der Waals surface area (Å²) in [7, 11) is 0. The first-order valence-electron chi connectivity index (χ1n) is 6.97. The summed E-state index contributed by atoms with van der Waals surface area (Å²) >= 11 is 0. The Morgan fingerprint density at radius 3 is 2.62 bits per heavy atom. The summed E-state index contributed by atoms with van der Waals surface area (Å²) in [5, 5.41) is 3.09. The molecule has 21 heavy (non-hydrogen) atoms. The summed E-state index contributed by atoms with van der Waals surface area (Å²) in [6.45, 7) is 2.71. The average molecular weight is 291 g/mol. The second-order valence-electron chi connectivity index (χ2n) is 5.48. The van der Waals surface area contributed by atoms with Crippen molar-refractivity contribution in [1.82, 2.24) is 0 Å². The lowest BCUT2D eigenvalue weighted by molar-refractivity contribution is -0.137. The minimum Gasteiger partial charge on any atom is -0.385 e. The fraction of sp³-hybridized carbons (Fsp3) is 0.294. The molecule has 4 heteroatoms. The molecule has 1 unspecified atom stereocenters. The Kier molecular flexibility index (Phi) is 3.40. The molecule has 3 rings (SSSR count). The lowest BCUT2D eigenvalue weighted by Crippen LogP contribution is -2.19. The number of nitrogens with one attached hydrogen (secondary N) is 1. The second-order valence-corrected chi connectivity index (χ2v) is 5.48. The molecular formula is C17H16F3N. The Balaban J connectivity index is 2.03. The van der Waals surface area contributed by atoms with E-state index in [0.29, 0.717) is 12.2 Å². The molecule has 0 spiro atoms. The van der Waals surface area contributed by atoms with Crippen LogP contribution in [0.4, 0.5) is 18.9 Å². The highest BCUT2D eigenvalue weighted by Crippen LogP contribution is 2.40. The van der Waals surface area contributed by atoms with Crippen LogP contribution in [0.15, 0.2) is 42.5 Å². The zero-order valence-corrected chi connectivity index (χ0v) is 11.7. The van der Waals surface area contributed by atoms with Crippen molar-refractivity contribution < 1.29 is 13.2 Å². The number of halogens is 3. The van der Waals surface area contributed by atoms with E-state index in [1.807, 2.05) is 25.1 Å². The van der Waals surface area contributed by atoms with Gasteiger partial charge in [-0.3, -0.25) is 0 Å². The number of fused-ring (bicyclic) bond motifs is 1. The van der Waals surface area contributed by atoms with Gasteiger partial charge in [0.25, 0.3) is 0 Å². The van der Waals surface area contributed by atoms with Crippen molar-refractivity contribution in [2.75, 3.05) is 11.9 Å². The van der Waals surface area contributed by atoms with Crippen LogP contribution in [-0.2, 0) is 6.18 Å². The van der Waals surface area contributed by atoms with Crippen LogP contribution in [-0.4, -0.2) is 6.54 Å². The van der Waals surface area contributed by atoms with Crippen molar-refractivity contribution in [3.8, 4) is 0 Å². The van der Waals surface area contributed by atoms with Gasteiger partial charge in [-0.25, -0.2) is 0 Å². The van der Waals surface area contributed by atoms with E-state index in [-0.39, 0.29) is 5.92 Å². The first-order valence-corrected chi connectivity index (χ1v) is 6.97. The molecule has 1 N–H and O–H groups in total. The molecule has 1 aliphatic rings. The van der Waals surface area contributed by atoms with Crippen LogP contribution in [0.3, 0.4) is 0 Å². The Bertz CT molecular complexity index is 661. The van der Waals surface area contributed by atoms with Crippen LogP contribution in [0, 0.1) is 6.92 Å². The molecule has 0 saturated heterocycles. The van der Waals surface area contributed by atoms with Gasteiger partial charge in [0.2, 0.25) is 0 Å². The van der Waals surface area contributed by atoms with Gasteiger partial charge in [0, 0.05) is 18.2 Å². The van der Waals surface area contributed by atoms with E-state index < -0.39 is 11.7 Å². The summed E-state index contributed by atoms with van der Waals surface area (Å²) in [4.78, 5) is 0. The van der Waals surface area contributed by atoms with Gasteiger partial charge in [-0.2, -0.15) is 13.2 Å². The molecule has 0 bridgehead atoms. The molecule has 0 fully saturated rings. The molecule has 0 aromatic heterocycles. The summed E-state index contributed by atoms with van der Waals surface area (Å²) in [5.74, 6) is 0.156. The highest BCUT2D eigenvalue weighted by molar-refractivity contribution is 5.59. The van der Waals surface area contributed by atoms with Crippen molar-refractivity contribution in [3.05, 3.63) is 64.7 Å². The van der Waals surface area contributed by atoms with E-state index in [9.17, 15) is 13.2 Å². The number of aryl methyl sites for hydroxylation is 1. The highest BCUT2D eigenvalue weighted by atomic mass is 19.4. The fourth-order valence-electron chi connectivity index (χ4n) is 2.93. The topological polar surface area (TPSA) is 12.0 Å². The minimum absolute atomic E-state index is 0.156. The molecule has 0 saturated carbocycles. The first kappa shape index (κ1) is 14.0. The maximum atomic E-state index is 12.8. The van der Waals surface area contributed by atoms with E-state index >= 15 is 0 Å². The molecule has 1 atom stereocenters. The van der Waals surface area contributed by atoms with Crippen LogP contribution >= 0.6 is 0 Å². The normalized spacial score (nSPS) is 18.0. The van der Waals surface area contributed by atoms with Gasteiger partial charge in [0.05, 0.1) is 5.56 Å². The number of hydrogen-bond donors (Lipinski definition) is 1. The van der Waals surface area contributed by atoms with Gasteiger partial charge in [0.1, 0.15) is 0 Å². The first-order chi connectivity index (χ1) is 9.95. The van der Waals surface area contributed by atoms with Gasteiger partial charge in [-0.15, -0.1) is 0 Å². The third-order valence-electron chi connectivity index (χ3n) is 3.95. The molecule has 1 aliphatic heterocycles. The van der Waals surface area contributed by atoms with Gasteiger partial charge in [-0.1, -0.05) is 35.9 Å². The number of alkyl halides is 3.